The number of aliphatic hydroxyl groups excluding tert-OH is 1. The average Bonchev–Trinajstić information content (AvgIpc) is 3.06. The Morgan fingerprint density at radius 2 is 2.04 bits per heavy atom. The van der Waals surface area contributed by atoms with Gasteiger partial charge in [-0.2, -0.15) is 0 Å². The molecule has 0 aliphatic rings. The highest BCUT2D eigenvalue weighted by Crippen LogP contribution is 2.19. The van der Waals surface area contributed by atoms with Crippen molar-refractivity contribution >= 4 is 11.6 Å². The largest absolute Gasteiger partial charge is 0.396 e. The van der Waals surface area contributed by atoms with Crippen LogP contribution in [0.2, 0.25) is 0 Å². The van der Waals surface area contributed by atoms with E-state index in [4.69, 9.17) is 5.11 Å². The van der Waals surface area contributed by atoms with Crippen LogP contribution in [0.5, 0.6) is 0 Å². The lowest BCUT2D eigenvalue weighted by Gasteiger charge is -2.19. The Morgan fingerprint density at radius 3 is 2.83 bits per heavy atom. The van der Waals surface area contributed by atoms with Crippen LogP contribution in [0.25, 0.3) is 5.65 Å². The first kappa shape index (κ1) is 15.2. The van der Waals surface area contributed by atoms with Gasteiger partial charge in [0.05, 0.1) is 6.04 Å². The SMILES string of the molecule is O=C(NC(CCCO)c1ccccc1)c1ccn2ccnc2c1. The van der Waals surface area contributed by atoms with Crippen molar-refractivity contribution in [3.63, 3.8) is 0 Å². The number of carbonyl (C=O) groups is 1. The molecule has 2 heterocycles. The zero-order valence-corrected chi connectivity index (χ0v) is 12.7. The summed E-state index contributed by atoms with van der Waals surface area (Å²) >= 11 is 0. The van der Waals surface area contributed by atoms with Crippen molar-refractivity contribution in [2.24, 2.45) is 0 Å². The summed E-state index contributed by atoms with van der Waals surface area (Å²) in [6, 6.07) is 13.2. The molecule has 1 amide bonds. The summed E-state index contributed by atoms with van der Waals surface area (Å²) in [5.41, 5.74) is 2.36. The van der Waals surface area contributed by atoms with Crippen molar-refractivity contribution in [1.82, 2.24) is 14.7 Å². The summed E-state index contributed by atoms with van der Waals surface area (Å²) in [7, 11) is 0. The molecule has 118 valence electrons. The fourth-order valence-electron chi connectivity index (χ4n) is 2.60. The van der Waals surface area contributed by atoms with E-state index in [0.29, 0.717) is 18.4 Å². The quantitative estimate of drug-likeness (QED) is 0.735. The van der Waals surface area contributed by atoms with E-state index < -0.39 is 0 Å². The normalized spacial score (nSPS) is 12.2. The molecule has 0 spiro atoms. The number of nitrogens with zero attached hydrogens (tertiary/aromatic N) is 2. The van der Waals surface area contributed by atoms with E-state index in [0.717, 1.165) is 11.2 Å². The molecule has 1 unspecified atom stereocenters. The fourth-order valence-corrected chi connectivity index (χ4v) is 2.60. The lowest BCUT2D eigenvalue weighted by molar-refractivity contribution is 0.0932. The predicted octanol–water partition coefficient (Wildman–Crippen LogP) is 2.58. The second-order valence-electron chi connectivity index (χ2n) is 5.41. The highest BCUT2D eigenvalue weighted by molar-refractivity contribution is 5.95. The number of carbonyl (C=O) groups excluding carboxylic acids is 1. The van der Waals surface area contributed by atoms with Crippen molar-refractivity contribution in [2.45, 2.75) is 18.9 Å². The van der Waals surface area contributed by atoms with E-state index >= 15 is 0 Å². The predicted molar refractivity (Wildman–Crippen MR) is 88.2 cm³/mol. The number of aromatic nitrogens is 2. The molecule has 0 radical (unpaired) electrons. The van der Waals surface area contributed by atoms with Gasteiger partial charge in [0.25, 0.3) is 5.91 Å². The molecule has 1 aromatic carbocycles. The van der Waals surface area contributed by atoms with Crippen molar-refractivity contribution < 1.29 is 9.90 Å². The molecule has 1 atom stereocenters. The minimum Gasteiger partial charge on any atom is -0.396 e. The standard InChI is InChI=1S/C18H19N3O2/c22-12-4-7-16(14-5-2-1-3-6-14)20-18(23)15-8-10-21-11-9-19-17(21)13-15/h1-3,5-6,8-11,13,16,22H,4,7,12H2,(H,20,23). The summed E-state index contributed by atoms with van der Waals surface area (Å²) in [5.74, 6) is -0.137. The summed E-state index contributed by atoms with van der Waals surface area (Å²) in [6.45, 7) is 0.110. The van der Waals surface area contributed by atoms with Gasteiger partial charge in [0.2, 0.25) is 0 Å². The molecule has 0 saturated heterocycles. The average molecular weight is 309 g/mol. The molecule has 2 N–H and O–H groups in total. The first-order valence-electron chi connectivity index (χ1n) is 7.67. The van der Waals surface area contributed by atoms with Gasteiger partial charge in [-0.3, -0.25) is 4.79 Å². The minimum atomic E-state index is -0.137. The Kier molecular flexibility index (Phi) is 4.68. The molecule has 2 aromatic heterocycles. The summed E-state index contributed by atoms with van der Waals surface area (Å²) in [4.78, 5) is 16.7. The maximum absolute atomic E-state index is 12.5. The number of imidazole rings is 1. The Balaban J connectivity index is 1.79. The topological polar surface area (TPSA) is 66.6 Å². The van der Waals surface area contributed by atoms with Crippen LogP contribution >= 0.6 is 0 Å². The molecule has 3 rings (SSSR count). The molecule has 0 saturated carbocycles. The molecule has 5 nitrogen and oxygen atoms in total. The highest BCUT2D eigenvalue weighted by atomic mass is 16.3. The molecular formula is C18H19N3O2. The van der Waals surface area contributed by atoms with Gasteiger partial charge >= 0.3 is 0 Å². The van der Waals surface area contributed by atoms with E-state index in [1.54, 1.807) is 18.3 Å². The zero-order chi connectivity index (χ0) is 16.1. The monoisotopic (exact) mass is 309 g/mol. The van der Waals surface area contributed by atoms with Gasteiger partial charge in [-0.15, -0.1) is 0 Å². The summed E-state index contributed by atoms with van der Waals surface area (Å²) in [6.07, 6.45) is 6.69. The molecule has 0 aliphatic carbocycles. The Hall–Kier alpha value is -2.66. The van der Waals surface area contributed by atoms with Crippen LogP contribution in [0.1, 0.15) is 34.8 Å². The fraction of sp³-hybridized carbons (Fsp3) is 0.222. The first-order valence-corrected chi connectivity index (χ1v) is 7.67. The van der Waals surface area contributed by atoms with Gasteiger partial charge in [-0.05, 0) is 30.5 Å². The van der Waals surface area contributed by atoms with Crippen molar-refractivity contribution in [2.75, 3.05) is 6.61 Å². The molecular weight excluding hydrogens is 290 g/mol. The lowest BCUT2D eigenvalue weighted by atomic mass is 10.0. The summed E-state index contributed by atoms with van der Waals surface area (Å²) in [5, 5.41) is 12.1. The van der Waals surface area contributed by atoms with Crippen LogP contribution in [0.15, 0.2) is 61.1 Å². The Labute approximate surface area is 134 Å². The maximum Gasteiger partial charge on any atom is 0.251 e. The number of nitrogens with one attached hydrogen (secondary N) is 1. The van der Waals surface area contributed by atoms with Crippen LogP contribution < -0.4 is 5.32 Å². The van der Waals surface area contributed by atoms with Crippen LogP contribution in [0.3, 0.4) is 0 Å². The van der Waals surface area contributed by atoms with Crippen molar-refractivity contribution in [3.05, 3.63) is 72.2 Å². The third-order valence-corrected chi connectivity index (χ3v) is 3.82. The number of fused-ring (bicyclic) bond motifs is 1. The highest BCUT2D eigenvalue weighted by Gasteiger charge is 2.15. The van der Waals surface area contributed by atoms with E-state index in [9.17, 15) is 4.79 Å². The second kappa shape index (κ2) is 7.07. The van der Waals surface area contributed by atoms with Crippen LogP contribution in [0.4, 0.5) is 0 Å². The van der Waals surface area contributed by atoms with Gasteiger partial charge in [-0.1, -0.05) is 30.3 Å². The van der Waals surface area contributed by atoms with Gasteiger partial charge in [0.15, 0.2) is 0 Å². The number of pyridine rings is 1. The molecule has 0 aliphatic heterocycles. The zero-order valence-electron chi connectivity index (χ0n) is 12.7. The Bertz CT molecular complexity index is 783. The molecule has 23 heavy (non-hydrogen) atoms. The lowest BCUT2D eigenvalue weighted by Crippen LogP contribution is -2.28. The van der Waals surface area contributed by atoms with Gasteiger partial charge in [0.1, 0.15) is 5.65 Å². The molecule has 0 fully saturated rings. The number of rotatable bonds is 6. The molecule has 5 heteroatoms. The number of amides is 1. The van der Waals surface area contributed by atoms with Crippen molar-refractivity contribution in [3.8, 4) is 0 Å². The summed E-state index contributed by atoms with van der Waals surface area (Å²) < 4.78 is 1.86. The third-order valence-electron chi connectivity index (χ3n) is 3.82. The second-order valence-corrected chi connectivity index (χ2v) is 5.41. The van der Waals surface area contributed by atoms with Gasteiger partial charge in [0, 0.05) is 30.8 Å². The number of aliphatic hydroxyl groups is 1. The molecule has 3 aromatic rings. The van der Waals surface area contributed by atoms with Crippen LogP contribution in [-0.2, 0) is 0 Å². The minimum absolute atomic E-state index is 0.110. The van der Waals surface area contributed by atoms with Crippen molar-refractivity contribution in [1.29, 1.82) is 0 Å². The van der Waals surface area contributed by atoms with E-state index in [1.807, 2.05) is 47.1 Å². The maximum atomic E-state index is 12.5. The van der Waals surface area contributed by atoms with E-state index in [2.05, 4.69) is 10.3 Å². The van der Waals surface area contributed by atoms with E-state index in [-0.39, 0.29) is 18.6 Å². The van der Waals surface area contributed by atoms with Gasteiger partial charge < -0.3 is 14.8 Å². The van der Waals surface area contributed by atoms with E-state index in [1.165, 1.54) is 0 Å². The van der Waals surface area contributed by atoms with Gasteiger partial charge in [-0.25, -0.2) is 4.98 Å². The van der Waals surface area contributed by atoms with Crippen LogP contribution in [0, 0.1) is 0 Å². The number of hydrogen-bond acceptors (Lipinski definition) is 3. The Morgan fingerprint density at radius 1 is 1.22 bits per heavy atom. The number of hydrogen-bond donors (Lipinski definition) is 2. The third kappa shape index (κ3) is 3.57. The first-order chi connectivity index (χ1) is 11.3. The smallest absolute Gasteiger partial charge is 0.251 e. The van der Waals surface area contributed by atoms with Crippen LogP contribution in [-0.4, -0.2) is 27.0 Å². The number of benzene rings is 1. The molecule has 0 bridgehead atoms.